The highest BCUT2D eigenvalue weighted by atomic mass is 15.1. The van der Waals surface area contributed by atoms with Crippen molar-refractivity contribution in [3.63, 3.8) is 0 Å². The van der Waals surface area contributed by atoms with Gasteiger partial charge in [0.1, 0.15) is 0 Å². The fourth-order valence-electron chi connectivity index (χ4n) is 2.57. The van der Waals surface area contributed by atoms with E-state index in [9.17, 15) is 0 Å². The molecule has 0 aromatic rings. The molecule has 1 saturated carbocycles. The first-order chi connectivity index (χ1) is 5.71. The molecule has 12 heavy (non-hydrogen) atoms. The van der Waals surface area contributed by atoms with Gasteiger partial charge in [-0.25, -0.2) is 0 Å². The van der Waals surface area contributed by atoms with Crippen molar-refractivity contribution in [2.45, 2.75) is 25.8 Å². The maximum absolute atomic E-state index is 3.58. The van der Waals surface area contributed by atoms with Crippen molar-refractivity contribution in [1.29, 1.82) is 0 Å². The molecule has 1 heteroatoms. The number of hydrogen-bond acceptors (Lipinski definition) is 1. The van der Waals surface area contributed by atoms with Gasteiger partial charge in [0.25, 0.3) is 0 Å². The van der Waals surface area contributed by atoms with E-state index in [1.54, 1.807) is 0 Å². The van der Waals surface area contributed by atoms with Crippen LogP contribution in [0.25, 0.3) is 0 Å². The Morgan fingerprint density at radius 2 is 2.25 bits per heavy atom. The van der Waals surface area contributed by atoms with E-state index < -0.39 is 0 Å². The van der Waals surface area contributed by atoms with E-state index in [0.717, 1.165) is 5.92 Å². The van der Waals surface area contributed by atoms with Gasteiger partial charge in [0.05, 0.1) is 5.54 Å². The lowest BCUT2D eigenvalue weighted by atomic mass is 9.97. The highest BCUT2D eigenvalue weighted by Crippen LogP contribution is 2.56. The molecule has 0 bridgehead atoms. The summed E-state index contributed by atoms with van der Waals surface area (Å²) in [6.07, 6.45) is 8.29. The largest absolute Gasteiger partial charge is 0.378 e. The average Bonchev–Trinajstić information content (AvgIpc) is 2.53. The Bertz CT molecular complexity index is 346. The molecule has 1 fully saturated rings. The third-order valence-corrected chi connectivity index (χ3v) is 3.17. The van der Waals surface area contributed by atoms with Crippen molar-refractivity contribution < 1.29 is 0 Å². The Balaban J connectivity index is 2.12. The number of allylic oxidation sites excluding steroid dienone is 3. The second-order valence-electron chi connectivity index (χ2n) is 4.24. The van der Waals surface area contributed by atoms with Gasteiger partial charge >= 0.3 is 0 Å². The van der Waals surface area contributed by atoms with Crippen molar-refractivity contribution in [3.05, 3.63) is 35.1 Å². The monoisotopic (exact) mass is 159 g/mol. The minimum absolute atomic E-state index is 0.351. The Morgan fingerprint density at radius 3 is 3.08 bits per heavy atom. The SMILES string of the molecule is CC1=CC2CC23NC(C)=CC3=C1. The van der Waals surface area contributed by atoms with E-state index in [-0.39, 0.29) is 0 Å². The summed E-state index contributed by atoms with van der Waals surface area (Å²) in [6.45, 7) is 4.34. The van der Waals surface area contributed by atoms with Crippen LogP contribution >= 0.6 is 0 Å². The maximum Gasteiger partial charge on any atom is 0.0693 e. The predicted octanol–water partition coefficient (Wildman–Crippen LogP) is 2.14. The Kier molecular flexibility index (Phi) is 0.914. The van der Waals surface area contributed by atoms with Gasteiger partial charge in [0.15, 0.2) is 0 Å². The molecule has 3 aliphatic rings. The van der Waals surface area contributed by atoms with Crippen LogP contribution < -0.4 is 5.32 Å². The zero-order valence-electron chi connectivity index (χ0n) is 7.52. The Morgan fingerprint density at radius 1 is 1.42 bits per heavy atom. The van der Waals surface area contributed by atoms with Crippen molar-refractivity contribution in [1.82, 2.24) is 5.32 Å². The minimum atomic E-state index is 0.351. The third-order valence-electron chi connectivity index (χ3n) is 3.17. The molecule has 1 N–H and O–H groups in total. The van der Waals surface area contributed by atoms with Crippen LogP contribution in [0.1, 0.15) is 20.3 Å². The second kappa shape index (κ2) is 1.68. The molecule has 2 atom stereocenters. The van der Waals surface area contributed by atoms with Gasteiger partial charge in [-0.2, -0.15) is 0 Å². The Labute approximate surface area is 72.9 Å². The quantitative estimate of drug-likeness (QED) is 0.571. The van der Waals surface area contributed by atoms with Crippen LogP contribution in [0.2, 0.25) is 0 Å². The summed E-state index contributed by atoms with van der Waals surface area (Å²) in [6, 6.07) is 0. The first kappa shape index (κ1) is 6.53. The summed E-state index contributed by atoms with van der Waals surface area (Å²) in [7, 11) is 0. The van der Waals surface area contributed by atoms with Crippen LogP contribution in [0.5, 0.6) is 0 Å². The molecule has 0 saturated heterocycles. The molecule has 1 spiro atoms. The lowest BCUT2D eigenvalue weighted by molar-refractivity contribution is 0.645. The van der Waals surface area contributed by atoms with E-state index in [2.05, 4.69) is 37.4 Å². The summed E-state index contributed by atoms with van der Waals surface area (Å²) < 4.78 is 0. The first-order valence-electron chi connectivity index (χ1n) is 4.58. The van der Waals surface area contributed by atoms with Crippen molar-refractivity contribution in [3.8, 4) is 0 Å². The van der Waals surface area contributed by atoms with Crippen LogP contribution in [0, 0.1) is 5.92 Å². The highest BCUT2D eigenvalue weighted by Gasteiger charge is 2.58. The number of nitrogens with one attached hydrogen (secondary N) is 1. The molecule has 0 amide bonds. The van der Waals surface area contributed by atoms with E-state index in [1.165, 1.54) is 23.3 Å². The molecule has 3 rings (SSSR count). The van der Waals surface area contributed by atoms with Crippen LogP contribution in [-0.2, 0) is 0 Å². The molecule has 0 aromatic heterocycles. The van der Waals surface area contributed by atoms with Crippen LogP contribution in [0.4, 0.5) is 0 Å². The van der Waals surface area contributed by atoms with Crippen LogP contribution in [-0.4, -0.2) is 5.54 Å². The zero-order valence-corrected chi connectivity index (χ0v) is 7.52. The standard InChI is InChI=1S/C11H13N/c1-7-3-9-5-8(2)12-11(9)6-10(11)4-7/h3-5,10,12H,6H2,1-2H3. The molecule has 1 heterocycles. The molecule has 1 aliphatic heterocycles. The summed E-state index contributed by atoms with van der Waals surface area (Å²) in [5.41, 5.74) is 4.61. The molecular formula is C11H13N. The Hall–Kier alpha value is -0.980. The highest BCUT2D eigenvalue weighted by molar-refractivity contribution is 5.55. The van der Waals surface area contributed by atoms with Crippen LogP contribution in [0.15, 0.2) is 35.1 Å². The van der Waals surface area contributed by atoms with Gasteiger partial charge in [0, 0.05) is 11.6 Å². The molecule has 1 nitrogen and oxygen atoms in total. The van der Waals surface area contributed by atoms with Crippen molar-refractivity contribution in [2.24, 2.45) is 5.92 Å². The fourth-order valence-corrected chi connectivity index (χ4v) is 2.57. The van der Waals surface area contributed by atoms with Gasteiger partial charge in [-0.15, -0.1) is 0 Å². The van der Waals surface area contributed by atoms with Crippen molar-refractivity contribution >= 4 is 0 Å². The summed E-state index contributed by atoms with van der Waals surface area (Å²) >= 11 is 0. The molecular weight excluding hydrogens is 146 g/mol. The van der Waals surface area contributed by atoms with E-state index in [1.807, 2.05) is 0 Å². The topological polar surface area (TPSA) is 12.0 Å². The minimum Gasteiger partial charge on any atom is -0.378 e. The van der Waals surface area contributed by atoms with E-state index in [4.69, 9.17) is 0 Å². The molecule has 2 unspecified atom stereocenters. The smallest absolute Gasteiger partial charge is 0.0693 e. The molecule has 0 aromatic carbocycles. The second-order valence-corrected chi connectivity index (χ2v) is 4.24. The zero-order chi connectivity index (χ0) is 8.34. The lowest BCUT2D eigenvalue weighted by Gasteiger charge is -2.17. The van der Waals surface area contributed by atoms with Crippen molar-refractivity contribution in [2.75, 3.05) is 0 Å². The van der Waals surface area contributed by atoms with Gasteiger partial charge in [-0.3, -0.25) is 0 Å². The summed E-state index contributed by atoms with van der Waals surface area (Å²) in [5.74, 6) is 0.770. The predicted molar refractivity (Wildman–Crippen MR) is 49.6 cm³/mol. The lowest BCUT2D eigenvalue weighted by Crippen LogP contribution is -2.28. The third kappa shape index (κ3) is 0.603. The summed E-state index contributed by atoms with van der Waals surface area (Å²) in [4.78, 5) is 0. The van der Waals surface area contributed by atoms with Gasteiger partial charge in [0.2, 0.25) is 0 Å². The van der Waals surface area contributed by atoms with E-state index >= 15 is 0 Å². The summed E-state index contributed by atoms with van der Waals surface area (Å²) in [5, 5.41) is 3.58. The first-order valence-corrected chi connectivity index (χ1v) is 4.58. The van der Waals surface area contributed by atoms with E-state index in [0.29, 0.717) is 5.54 Å². The fraction of sp³-hybridized carbons (Fsp3) is 0.455. The number of hydrogen-bond donors (Lipinski definition) is 1. The van der Waals surface area contributed by atoms with Gasteiger partial charge < -0.3 is 5.32 Å². The maximum atomic E-state index is 3.58. The van der Waals surface area contributed by atoms with Crippen LogP contribution in [0.3, 0.4) is 0 Å². The average molecular weight is 159 g/mol. The molecule has 62 valence electrons. The molecule has 2 aliphatic carbocycles. The van der Waals surface area contributed by atoms with Gasteiger partial charge in [-0.1, -0.05) is 17.7 Å². The molecule has 0 radical (unpaired) electrons. The van der Waals surface area contributed by atoms with Gasteiger partial charge in [-0.05, 0) is 31.9 Å². The number of rotatable bonds is 0. The normalized spacial score (nSPS) is 41.8.